The number of rotatable bonds is 8. The van der Waals surface area contributed by atoms with E-state index in [1.54, 1.807) is 12.1 Å². The number of halogens is 2. The van der Waals surface area contributed by atoms with Crippen molar-refractivity contribution in [3.05, 3.63) is 30.7 Å². The molecule has 1 fully saturated rings. The van der Waals surface area contributed by atoms with E-state index in [0.717, 1.165) is 12.2 Å². The molecule has 2 aromatic heterocycles. The lowest BCUT2D eigenvalue weighted by Crippen LogP contribution is -2.03. The summed E-state index contributed by atoms with van der Waals surface area (Å²) < 4.78 is 45.6. The predicted molar refractivity (Wildman–Crippen MR) is 83.5 cm³/mol. The first-order valence-corrected chi connectivity index (χ1v) is 7.92. The second-order valence-electron chi connectivity index (χ2n) is 5.81. The standard InChI is InChI=1S/C17H15F2N2O4/c18-15(19)5-6-22-16-8-14(25-21-16)17-20-12-7-11(3-4-13(12)24-17)23-9-10-1-2-10/h3-5,7-8,10,15H,1-2,6,9H2. The Morgan fingerprint density at radius 3 is 2.92 bits per heavy atom. The molecule has 0 spiro atoms. The average molecular weight is 349 g/mol. The molecule has 1 aliphatic rings. The highest BCUT2D eigenvalue weighted by Crippen LogP contribution is 2.31. The van der Waals surface area contributed by atoms with Crippen LogP contribution < -0.4 is 9.47 Å². The number of hydrogen-bond donors (Lipinski definition) is 0. The van der Waals surface area contributed by atoms with E-state index in [1.165, 1.54) is 18.9 Å². The van der Waals surface area contributed by atoms with Crippen LogP contribution in [0.5, 0.6) is 11.6 Å². The Balaban J connectivity index is 1.46. The SMILES string of the molecule is FC(F)[CH]COc1cc(-c2nc3cc(OCC4CC4)ccc3o2)on1. The Kier molecular flexibility index (Phi) is 4.25. The van der Waals surface area contributed by atoms with Crippen molar-refractivity contribution in [2.45, 2.75) is 19.3 Å². The highest BCUT2D eigenvalue weighted by Gasteiger charge is 2.22. The molecule has 3 aromatic rings. The molecule has 8 heteroatoms. The quantitative estimate of drug-likeness (QED) is 0.609. The van der Waals surface area contributed by atoms with E-state index in [-0.39, 0.29) is 24.1 Å². The minimum Gasteiger partial charge on any atom is -0.493 e. The van der Waals surface area contributed by atoms with Crippen LogP contribution in [0.15, 0.2) is 33.2 Å². The smallest absolute Gasteiger partial charge is 0.267 e. The molecule has 131 valence electrons. The van der Waals surface area contributed by atoms with Gasteiger partial charge in [-0.2, -0.15) is 0 Å². The van der Waals surface area contributed by atoms with Gasteiger partial charge in [0.05, 0.1) is 25.7 Å². The van der Waals surface area contributed by atoms with Crippen molar-refractivity contribution in [3.63, 3.8) is 0 Å². The molecule has 6 nitrogen and oxygen atoms in total. The van der Waals surface area contributed by atoms with E-state index in [0.29, 0.717) is 23.6 Å². The van der Waals surface area contributed by atoms with Crippen LogP contribution in [0.4, 0.5) is 8.78 Å². The van der Waals surface area contributed by atoms with Gasteiger partial charge in [-0.15, -0.1) is 0 Å². The van der Waals surface area contributed by atoms with Gasteiger partial charge in [-0.25, -0.2) is 13.8 Å². The van der Waals surface area contributed by atoms with E-state index in [9.17, 15) is 8.78 Å². The molecule has 0 N–H and O–H groups in total. The fourth-order valence-electron chi connectivity index (χ4n) is 2.24. The van der Waals surface area contributed by atoms with Crippen LogP contribution in [0.3, 0.4) is 0 Å². The lowest BCUT2D eigenvalue weighted by molar-refractivity contribution is 0.163. The van der Waals surface area contributed by atoms with Crippen molar-refractivity contribution < 1.29 is 27.2 Å². The first-order chi connectivity index (χ1) is 12.2. The Morgan fingerprint density at radius 1 is 1.24 bits per heavy atom. The Bertz CT molecular complexity index is 857. The molecule has 1 saturated carbocycles. The summed E-state index contributed by atoms with van der Waals surface area (Å²) in [6.45, 7) is 0.452. The summed E-state index contributed by atoms with van der Waals surface area (Å²) in [5.74, 6) is 1.97. The van der Waals surface area contributed by atoms with Gasteiger partial charge >= 0.3 is 0 Å². The largest absolute Gasteiger partial charge is 0.493 e. The molecule has 1 aromatic carbocycles. The lowest BCUT2D eigenvalue weighted by atomic mass is 10.3. The first kappa shape index (κ1) is 15.9. The zero-order valence-corrected chi connectivity index (χ0v) is 13.2. The summed E-state index contributed by atoms with van der Waals surface area (Å²) in [5, 5.41) is 3.65. The highest BCUT2D eigenvalue weighted by atomic mass is 19.3. The number of fused-ring (bicyclic) bond motifs is 1. The monoisotopic (exact) mass is 349 g/mol. The molecule has 4 rings (SSSR count). The minimum absolute atomic E-state index is 0.0858. The van der Waals surface area contributed by atoms with Gasteiger partial charge in [0.1, 0.15) is 11.3 Å². The Hall–Kier alpha value is -2.64. The molecule has 1 aliphatic carbocycles. The number of oxazole rings is 1. The van der Waals surface area contributed by atoms with Crippen LogP contribution in [-0.4, -0.2) is 29.8 Å². The van der Waals surface area contributed by atoms with Crippen molar-refractivity contribution in [2.75, 3.05) is 13.2 Å². The third-order valence-corrected chi connectivity index (χ3v) is 3.75. The highest BCUT2D eigenvalue weighted by molar-refractivity contribution is 5.77. The lowest BCUT2D eigenvalue weighted by Gasteiger charge is -2.03. The number of ether oxygens (including phenoxy) is 2. The maximum Gasteiger partial charge on any atom is 0.267 e. The Morgan fingerprint density at radius 2 is 2.12 bits per heavy atom. The van der Waals surface area contributed by atoms with Crippen LogP contribution in [-0.2, 0) is 0 Å². The molecular formula is C17H15F2N2O4. The van der Waals surface area contributed by atoms with Crippen LogP contribution in [0, 0.1) is 12.3 Å². The maximum atomic E-state index is 12.0. The molecule has 0 amide bonds. The van der Waals surface area contributed by atoms with Crippen LogP contribution in [0.25, 0.3) is 22.8 Å². The second-order valence-corrected chi connectivity index (χ2v) is 5.81. The number of nitrogens with zero attached hydrogens (tertiary/aromatic N) is 2. The first-order valence-electron chi connectivity index (χ1n) is 7.92. The molecule has 0 bridgehead atoms. The van der Waals surface area contributed by atoms with Crippen molar-refractivity contribution >= 4 is 11.1 Å². The van der Waals surface area contributed by atoms with Gasteiger partial charge < -0.3 is 18.4 Å². The van der Waals surface area contributed by atoms with Gasteiger partial charge in [0, 0.05) is 6.07 Å². The predicted octanol–water partition coefficient (Wildman–Crippen LogP) is 4.12. The van der Waals surface area contributed by atoms with Crippen molar-refractivity contribution in [2.24, 2.45) is 5.92 Å². The van der Waals surface area contributed by atoms with Gasteiger partial charge in [-0.05, 0) is 36.0 Å². The molecule has 1 radical (unpaired) electrons. The Labute approximate surface area is 141 Å². The minimum atomic E-state index is -2.54. The van der Waals surface area contributed by atoms with E-state index < -0.39 is 6.43 Å². The molecule has 25 heavy (non-hydrogen) atoms. The van der Waals surface area contributed by atoms with E-state index in [1.807, 2.05) is 6.07 Å². The third-order valence-electron chi connectivity index (χ3n) is 3.75. The van der Waals surface area contributed by atoms with Crippen molar-refractivity contribution in [3.8, 4) is 23.3 Å². The van der Waals surface area contributed by atoms with Crippen LogP contribution in [0.1, 0.15) is 12.8 Å². The topological polar surface area (TPSA) is 70.5 Å². The van der Waals surface area contributed by atoms with Gasteiger partial charge in [-0.1, -0.05) is 0 Å². The summed E-state index contributed by atoms with van der Waals surface area (Å²) in [4.78, 5) is 4.34. The van der Waals surface area contributed by atoms with Gasteiger partial charge in [0.15, 0.2) is 5.58 Å². The summed E-state index contributed by atoms with van der Waals surface area (Å²) >= 11 is 0. The average Bonchev–Trinajstić information content (AvgIpc) is 3.13. The summed E-state index contributed by atoms with van der Waals surface area (Å²) in [7, 11) is 0. The summed E-state index contributed by atoms with van der Waals surface area (Å²) in [6.07, 6.45) is 0.624. The normalized spacial score (nSPS) is 14.4. The summed E-state index contributed by atoms with van der Waals surface area (Å²) in [5.41, 5.74) is 1.21. The van der Waals surface area contributed by atoms with Crippen LogP contribution in [0.2, 0.25) is 0 Å². The number of benzene rings is 1. The molecule has 2 heterocycles. The summed E-state index contributed by atoms with van der Waals surface area (Å²) in [6, 6.07) is 6.85. The fraction of sp³-hybridized carbons (Fsp3) is 0.353. The molecule has 0 saturated heterocycles. The number of hydrogen-bond acceptors (Lipinski definition) is 6. The van der Waals surface area contributed by atoms with Crippen molar-refractivity contribution in [1.29, 1.82) is 0 Å². The third kappa shape index (κ3) is 3.89. The van der Waals surface area contributed by atoms with Crippen molar-refractivity contribution in [1.82, 2.24) is 10.1 Å². The molecule has 0 atom stereocenters. The van der Waals surface area contributed by atoms with E-state index >= 15 is 0 Å². The molecule has 0 unspecified atom stereocenters. The number of aromatic nitrogens is 2. The number of alkyl halides is 2. The fourth-order valence-corrected chi connectivity index (χ4v) is 2.24. The van der Waals surface area contributed by atoms with Gasteiger partial charge in [-0.3, -0.25) is 0 Å². The molecule has 0 aliphatic heterocycles. The zero-order chi connectivity index (χ0) is 17.2. The van der Waals surface area contributed by atoms with E-state index in [2.05, 4.69) is 10.1 Å². The maximum absolute atomic E-state index is 12.0. The van der Waals surface area contributed by atoms with Crippen LogP contribution >= 0.6 is 0 Å². The van der Waals surface area contributed by atoms with E-state index in [4.69, 9.17) is 18.4 Å². The second kappa shape index (κ2) is 6.70. The van der Waals surface area contributed by atoms with Gasteiger partial charge in [0.25, 0.3) is 11.8 Å². The molecular weight excluding hydrogens is 334 g/mol. The zero-order valence-electron chi connectivity index (χ0n) is 13.2. The van der Waals surface area contributed by atoms with Gasteiger partial charge in [0.2, 0.25) is 12.2 Å².